The van der Waals surface area contributed by atoms with E-state index >= 15 is 0 Å². The third-order valence-electron chi connectivity index (χ3n) is 6.51. The van der Waals surface area contributed by atoms with Crippen LogP contribution in [0.25, 0.3) is 0 Å². The molecule has 2 amide bonds. The van der Waals surface area contributed by atoms with Crippen molar-refractivity contribution >= 4 is 17.8 Å². The van der Waals surface area contributed by atoms with Crippen molar-refractivity contribution in [3.63, 3.8) is 0 Å². The summed E-state index contributed by atoms with van der Waals surface area (Å²) < 4.78 is 53.4. The molecule has 0 radical (unpaired) electrons. The van der Waals surface area contributed by atoms with Gasteiger partial charge < -0.3 is 39.2 Å². The lowest BCUT2D eigenvalue weighted by Crippen LogP contribution is -2.47. The van der Waals surface area contributed by atoms with Crippen molar-refractivity contribution < 1.29 is 51.6 Å². The van der Waals surface area contributed by atoms with E-state index in [2.05, 4.69) is 10.2 Å². The van der Waals surface area contributed by atoms with Gasteiger partial charge in [0.05, 0.1) is 34.5 Å². The van der Waals surface area contributed by atoms with Gasteiger partial charge in [0, 0.05) is 70.9 Å². The van der Waals surface area contributed by atoms with Gasteiger partial charge in [-0.1, -0.05) is 0 Å². The summed E-state index contributed by atoms with van der Waals surface area (Å²) in [5.74, 6) is -1.54. The normalized spacial score (nSPS) is 15.8. The molecule has 0 aliphatic carbocycles. The van der Waals surface area contributed by atoms with Crippen LogP contribution in [0.15, 0.2) is 12.1 Å². The zero-order valence-electron chi connectivity index (χ0n) is 23.6. The molecular weight excluding hydrogens is 553 g/mol. The smallest absolute Gasteiger partial charge is 0.490 e. The molecule has 2 aliphatic rings. The minimum Gasteiger partial charge on any atom is -0.493 e. The number of alkyl halides is 3. The van der Waals surface area contributed by atoms with Gasteiger partial charge in [-0.05, 0) is 18.6 Å². The van der Waals surface area contributed by atoms with Gasteiger partial charge in [-0.2, -0.15) is 13.2 Å². The highest BCUT2D eigenvalue weighted by Crippen LogP contribution is 2.38. The van der Waals surface area contributed by atoms with Crippen molar-refractivity contribution in [2.24, 2.45) is 0 Å². The first-order chi connectivity index (χ1) is 19.5. The fraction of sp³-hybridized carbons (Fsp3) is 0.654. The van der Waals surface area contributed by atoms with E-state index in [1.165, 1.54) is 21.3 Å². The van der Waals surface area contributed by atoms with Gasteiger partial charge in [0.2, 0.25) is 11.7 Å². The molecule has 12 nitrogen and oxygen atoms in total. The maximum Gasteiger partial charge on any atom is 0.490 e. The Bertz CT molecular complexity index is 974. The van der Waals surface area contributed by atoms with Crippen molar-refractivity contribution in [3.8, 4) is 17.2 Å². The second-order valence-corrected chi connectivity index (χ2v) is 9.20. The monoisotopic (exact) mass is 592 g/mol. The molecule has 2 saturated heterocycles. The molecule has 2 aliphatic heterocycles. The number of aliphatic carboxylic acids is 1. The average molecular weight is 593 g/mol. The highest BCUT2D eigenvalue weighted by atomic mass is 19.4. The number of carboxylic acids is 1. The number of benzene rings is 1. The molecule has 232 valence electrons. The first-order valence-electron chi connectivity index (χ1n) is 13.2. The number of carbonyl (C=O) groups is 3. The number of hydrogen-bond acceptors (Lipinski definition) is 9. The SMILES string of the molecule is COc1cc(C(=O)N(CCCN2CCOCC2)CCC(=O)N2CCNCC2)cc(OC)c1OC.O=C(O)C(F)(F)F. The van der Waals surface area contributed by atoms with Crippen LogP contribution in [-0.2, 0) is 14.3 Å². The van der Waals surface area contributed by atoms with Gasteiger partial charge in [0.25, 0.3) is 5.91 Å². The van der Waals surface area contributed by atoms with Crippen molar-refractivity contribution in [2.45, 2.75) is 19.0 Å². The summed E-state index contributed by atoms with van der Waals surface area (Å²) in [7, 11) is 4.58. The van der Waals surface area contributed by atoms with Gasteiger partial charge >= 0.3 is 12.1 Å². The number of carboxylic acid groups (broad SMARTS) is 1. The van der Waals surface area contributed by atoms with Crippen LogP contribution in [0.3, 0.4) is 0 Å². The molecular formula is C26H39F3N4O8. The maximum atomic E-state index is 13.6. The molecule has 0 unspecified atom stereocenters. The summed E-state index contributed by atoms with van der Waals surface area (Å²) in [6.07, 6.45) is -3.97. The molecule has 2 fully saturated rings. The van der Waals surface area contributed by atoms with Crippen LogP contribution < -0.4 is 19.5 Å². The standard InChI is InChI=1S/C24H38N4O6.C2HF3O2/c1-31-20-17-19(18-21(32-2)23(20)33-3)24(30)28(9-4-8-26-13-15-34-16-14-26)10-5-22(29)27-11-6-25-7-12-27;3-2(4,5)1(6)7/h17-18,25H,4-16H2,1-3H3;(H,6,7). The maximum absolute atomic E-state index is 13.6. The molecule has 0 atom stereocenters. The Labute approximate surface area is 237 Å². The predicted octanol–water partition coefficient (Wildman–Crippen LogP) is 1.33. The number of hydrogen-bond donors (Lipinski definition) is 2. The summed E-state index contributed by atoms with van der Waals surface area (Å²) in [4.78, 5) is 41.2. The van der Waals surface area contributed by atoms with E-state index in [1.54, 1.807) is 17.0 Å². The number of rotatable bonds is 11. The topological polar surface area (TPSA) is 130 Å². The van der Waals surface area contributed by atoms with Crippen LogP contribution in [0.5, 0.6) is 17.2 Å². The molecule has 0 spiro atoms. The van der Waals surface area contributed by atoms with Crippen LogP contribution in [0.2, 0.25) is 0 Å². The van der Waals surface area contributed by atoms with Gasteiger partial charge in [0.1, 0.15) is 0 Å². The lowest BCUT2D eigenvalue weighted by molar-refractivity contribution is -0.192. The number of morpholine rings is 1. The quantitative estimate of drug-likeness (QED) is 0.388. The van der Waals surface area contributed by atoms with Crippen LogP contribution in [0, 0.1) is 0 Å². The molecule has 3 rings (SSSR count). The lowest BCUT2D eigenvalue weighted by Gasteiger charge is -2.30. The largest absolute Gasteiger partial charge is 0.493 e. The van der Waals surface area contributed by atoms with Crippen LogP contribution in [-0.4, -0.2) is 137 Å². The van der Waals surface area contributed by atoms with Gasteiger partial charge in [-0.3, -0.25) is 14.5 Å². The number of amides is 2. The molecule has 15 heteroatoms. The summed E-state index contributed by atoms with van der Waals surface area (Å²) in [6.45, 7) is 8.12. The second-order valence-electron chi connectivity index (χ2n) is 9.20. The van der Waals surface area contributed by atoms with Crippen molar-refractivity contribution in [3.05, 3.63) is 17.7 Å². The van der Waals surface area contributed by atoms with Crippen LogP contribution in [0.4, 0.5) is 13.2 Å². The minimum atomic E-state index is -5.08. The van der Waals surface area contributed by atoms with Crippen LogP contribution >= 0.6 is 0 Å². The van der Waals surface area contributed by atoms with Crippen molar-refractivity contribution in [2.75, 3.05) is 93.4 Å². The fourth-order valence-corrected chi connectivity index (χ4v) is 4.31. The van der Waals surface area contributed by atoms with E-state index in [1.807, 2.05) is 4.90 Å². The molecule has 2 N–H and O–H groups in total. The van der Waals surface area contributed by atoms with Crippen molar-refractivity contribution in [1.82, 2.24) is 20.0 Å². The Balaban J connectivity index is 0.000000745. The molecule has 2 heterocycles. The Morgan fingerprint density at radius 1 is 0.976 bits per heavy atom. The summed E-state index contributed by atoms with van der Waals surface area (Å²) in [5, 5.41) is 10.4. The number of nitrogens with zero attached hydrogens (tertiary/aromatic N) is 3. The van der Waals surface area contributed by atoms with E-state index < -0.39 is 12.1 Å². The highest BCUT2D eigenvalue weighted by Gasteiger charge is 2.38. The molecule has 1 aromatic rings. The number of ether oxygens (including phenoxy) is 4. The van der Waals surface area contributed by atoms with E-state index in [0.717, 1.165) is 52.4 Å². The van der Waals surface area contributed by atoms with E-state index in [9.17, 15) is 22.8 Å². The third kappa shape index (κ3) is 10.9. The zero-order chi connectivity index (χ0) is 30.4. The Morgan fingerprint density at radius 2 is 1.54 bits per heavy atom. The summed E-state index contributed by atoms with van der Waals surface area (Å²) in [6, 6.07) is 3.33. The van der Waals surface area contributed by atoms with E-state index in [4.69, 9.17) is 28.8 Å². The number of nitrogens with one attached hydrogen (secondary N) is 1. The van der Waals surface area contributed by atoms with Crippen molar-refractivity contribution in [1.29, 1.82) is 0 Å². The van der Waals surface area contributed by atoms with Gasteiger partial charge in [0.15, 0.2) is 11.5 Å². The molecule has 41 heavy (non-hydrogen) atoms. The van der Waals surface area contributed by atoms with Gasteiger partial charge in [-0.15, -0.1) is 0 Å². The number of piperazine rings is 1. The first kappa shape index (κ1) is 33.9. The zero-order valence-corrected chi connectivity index (χ0v) is 23.6. The second kappa shape index (κ2) is 16.8. The first-order valence-corrected chi connectivity index (χ1v) is 13.2. The third-order valence-corrected chi connectivity index (χ3v) is 6.51. The molecule has 0 saturated carbocycles. The number of carbonyl (C=O) groups excluding carboxylic acids is 2. The fourth-order valence-electron chi connectivity index (χ4n) is 4.31. The summed E-state index contributed by atoms with van der Waals surface area (Å²) >= 11 is 0. The highest BCUT2D eigenvalue weighted by molar-refractivity contribution is 5.96. The predicted molar refractivity (Wildman–Crippen MR) is 142 cm³/mol. The number of halogens is 3. The minimum absolute atomic E-state index is 0.0809. The van der Waals surface area contributed by atoms with E-state index in [0.29, 0.717) is 55.4 Å². The Hall–Kier alpha value is -3.30. The molecule has 1 aromatic carbocycles. The van der Waals surface area contributed by atoms with Gasteiger partial charge in [-0.25, -0.2) is 4.79 Å². The average Bonchev–Trinajstić information content (AvgIpc) is 2.98. The molecule has 0 bridgehead atoms. The Morgan fingerprint density at radius 3 is 2.02 bits per heavy atom. The summed E-state index contributed by atoms with van der Waals surface area (Å²) in [5.41, 5.74) is 0.440. The van der Waals surface area contributed by atoms with E-state index in [-0.39, 0.29) is 11.8 Å². The Kier molecular flexibility index (Phi) is 13.9. The lowest BCUT2D eigenvalue weighted by atomic mass is 10.1. The number of methoxy groups -OCH3 is 3. The molecule has 0 aromatic heterocycles. The van der Waals surface area contributed by atoms with Crippen LogP contribution in [0.1, 0.15) is 23.2 Å².